The van der Waals surface area contributed by atoms with Gasteiger partial charge >= 0.3 is 0 Å². The molecule has 5 heteroatoms. The molecule has 1 aromatic heterocycles. The van der Waals surface area contributed by atoms with E-state index in [0.29, 0.717) is 0 Å². The minimum atomic E-state index is -0.536. The lowest BCUT2D eigenvalue weighted by atomic mass is 10.2. The highest BCUT2D eigenvalue weighted by molar-refractivity contribution is 5.09. The lowest BCUT2D eigenvalue weighted by molar-refractivity contribution is 0.174. The number of ether oxygens (including phenoxy) is 1. The summed E-state index contributed by atoms with van der Waals surface area (Å²) in [6.07, 6.45) is 5.06. The van der Waals surface area contributed by atoms with E-state index in [1.54, 1.807) is 0 Å². The summed E-state index contributed by atoms with van der Waals surface area (Å²) in [6.45, 7) is 0. The number of nitrogens with two attached hydrogens (primary N) is 1. The Morgan fingerprint density at radius 2 is 2.36 bits per heavy atom. The molecule has 0 radical (unpaired) electrons. The van der Waals surface area contributed by atoms with Crippen LogP contribution in [0.25, 0.3) is 0 Å². The molecule has 76 valence electrons. The predicted molar refractivity (Wildman–Crippen MR) is 48.2 cm³/mol. The summed E-state index contributed by atoms with van der Waals surface area (Å²) >= 11 is 0. The lowest BCUT2D eigenvalue weighted by Crippen LogP contribution is -2.34. The molecule has 0 amide bonds. The second-order valence-electron chi connectivity index (χ2n) is 3.43. The number of nitrogens with zero attached hydrogens (tertiary/aromatic N) is 2. The van der Waals surface area contributed by atoms with Gasteiger partial charge in [0.1, 0.15) is 12.4 Å². The van der Waals surface area contributed by atoms with Gasteiger partial charge in [-0.2, -0.15) is 9.37 Å². The third kappa shape index (κ3) is 1.82. The van der Waals surface area contributed by atoms with Gasteiger partial charge in [-0.15, -0.1) is 0 Å². The van der Waals surface area contributed by atoms with Crippen molar-refractivity contribution in [2.24, 2.45) is 5.73 Å². The molecule has 2 atom stereocenters. The number of aromatic nitrogens is 2. The number of halogens is 1. The smallest absolute Gasteiger partial charge is 0.253 e. The van der Waals surface area contributed by atoms with Gasteiger partial charge < -0.3 is 10.5 Å². The molecule has 4 nitrogen and oxygen atoms in total. The Morgan fingerprint density at radius 3 is 3.00 bits per heavy atom. The van der Waals surface area contributed by atoms with E-state index < -0.39 is 5.82 Å². The summed E-state index contributed by atoms with van der Waals surface area (Å²) in [5.74, 6) is -0.533. The Labute approximate surface area is 81.3 Å². The molecule has 1 fully saturated rings. The van der Waals surface area contributed by atoms with Crippen molar-refractivity contribution in [3.8, 4) is 5.88 Å². The molecule has 0 aromatic carbocycles. The fourth-order valence-corrected chi connectivity index (χ4v) is 1.63. The quantitative estimate of drug-likeness (QED) is 0.764. The van der Waals surface area contributed by atoms with Crippen LogP contribution in [0.15, 0.2) is 12.5 Å². The lowest BCUT2D eigenvalue weighted by Gasteiger charge is -2.16. The van der Waals surface area contributed by atoms with Gasteiger partial charge in [0.25, 0.3) is 5.88 Å². The first-order chi connectivity index (χ1) is 6.77. The molecule has 0 saturated heterocycles. The normalized spacial score (nSPS) is 26.4. The SMILES string of the molecule is N[C@@H]1CCC[C@H]1Oc1ncncc1F. The fourth-order valence-electron chi connectivity index (χ4n) is 1.63. The third-order valence-corrected chi connectivity index (χ3v) is 2.40. The monoisotopic (exact) mass is 197 g/mol. The van der Waals surface area contributed by atoms with Crippen molar-refractivity contribution in [3.63, 3.8) is 0 Å². The minimum absolute atomic E-state index is 0.00218. The van der Waals surface area contributed by atoms with Crippen LogP contribution in [0.4, 0.5) is 4.39 Å². The summed E-state index contributed by atoms with van der Waals surface area (Å²) in [5, 5.41) is 0. The van der Waals surface area contributed by atoms with E-state index in [-0.39, 0.29) is 18.0 Å². The van der Waals surface area contributed by atoms with Gasteiger partial charge in [0, 0.05) is 6.04 Å². The molecule has 1 aromatic rings. The molecule has 0 spiro atoms. The highest BCUT2D eigenvalue weighted by atomic mass is 19.1. The number of hydrogen-bond acceptors (Lipinski definition) is 4. The largest absolute Gasteiger partial charge is 0.471 e. The number of rotatable bonds is 2. The van der Waals surface area contributed by atoms with Gasteiger partial charge in [0.2, 0.25) is 5.82 Å². The van der Waals surface area contributed by atoms with E-state index in [9.17, 15) is 4.39 Å². The van der Waals surface area contributed by atoms with Crippen molar-refractivity contribution >= 4 is 0 Å². The first-order valence-corrected chi connectivity index (χ1v) is 4.65. The third-order valence-electron chi connectivity index (χ3n) is 2.40. The zero-order valence-electron chi connectivity index (χ0n) is 7.69. The summed E-state index contributed by atoms with van der Waals surface area (Å²) in [7, 11) is 0. The molecular weight excluding hydrogens is 185 g/mol. The van der Waals surface area contributed by atoms with Crippen LogP contribution in [0.3, 0.4) is 0 Å². The van der Waals surface area contributed by atoms with Crippen LogP contribution in [-0.2, 0) is 0 Å². The Kier molecular flexibility index (Phi) is 2.58. The molecule has 2 rings (SSSR count). The summed E-state index contributed by atoms with van der Waals surface area (Å²) in [5.41, 5.74) is 5.79. The molecule has 1 heterocycles. The first kappa shape index (κ1) is 9.33. The second-order valence-corrected chi connectivity index (χ2v) is 3.43. The standard InChI is InChI=1S/C9H12FN3O/c10-6-4-12-5-13-9(6)14-8-3-1-2-7(8)11/h4-5,7-8H,1-3,11H2/t7-,8-/m1/s1. The van der Waals surface area contributed by atoms with E-state index in [2.05, 4.69) is 9.97 Å². The Balaban J connectivity index is 2.07. The Morgan fingerprint density at radius 1 is 1.50 bits per heavy atom. The van der Waals surface area contributed by atoms with Crippen LogP contribution >= 0.6 is 0 Å². The van der Waals surface area contributed by atoms with Crippen molar-refractivity contribution in [1.82, 2.24) is 9.97 Å². The minimum Gasteiger partial charge on any atom is -0.471 e. The van der Waals surface area contributed by atoms with Crippen LogP contribution in [0.2, 0.25) is 0 Å². The maximum absolute atomic E-state index is 13.1. The van der Waals surface area contributed by atoms with Crippen LogP contribution in [0, 0.1) is 5.82 Å². The first-order valence-electron chi connectivity index (χ1n) is 4.65. The van der Waals surface area contributed by atoms with Crippen molar-refractivity contribution in [2.75, 3.05) is 0 Å². The van der Waals surface area contributed by atoms with Crippen LogP contribution in [0.1, 0.15) is 19.3 Å². The Hall–Kier alpha value is -1.23. The highest BCUT2D eigenvalue weighted by Crippen LogP contribution is 2.23. The fraction of sp³-hybridized carbons (Fsp3) is 0.556. The van der Waals surface area contributed by atoms with Gasteiger partial charge in [-0.3, -0.25) is 0 Å². The van der Waals surface area contributed by atoms with Crippen molar-refractivity contribution in [3.05, 3.63) is 18.3 Å². The average molecular weight is 197 g/mol. The van der Waals surface area contributed by atoms with E-state index in [1.807, 2.05) is 0 Å². The van der Waals surface area contributed by atoms with Crippen LogP contribution < -0.4 is 10.5 Å². The van der Waals surface area contributed by atoms with Crippen LogP contribution in [0.5, 0.6) is 5.88 Å². The van der Waals surface area contributed by atoms with Crippen molar-refractivity contribution in [1.29, 1.82) is 0 Å². The summed E-state index contributed by atoms with van der Waals surface area (Å²) in [6, 6.07) is -0.00985. The van der Waals surface area contributed by atoms with E-state index >= 15 is 0 Å². The second kappa shape index (κ2) is 3.88. The van der Waals surface area contributed by atoms with E-state index in [4.69, 9.17) is 10.5 Å². The van der Waals surface area contributed by atoms with Crippen molar-refractivity contribution < 1.29 is 9.13 Å². The van der Waals surface area contributed by atoms with Gasteiger partial charge in [-0.1, -0.05) is 0 Å². The van der Waals surface area contributed by atoms with Gasteiger partial charge in [0.15, 0.2) is 0 Å². The van der Waals surface area contributed by atoms with Crippen molar-refractivity contribution in [2.45, 2.75) is 31.4 Å². The van der Waals surface area contributed by atoms with E-state index in [1.165, 1.54) is 6.33 Å². The molecule has 1 aliphatic rings. The van der Waals surface area contributed by atoms with E-state index in [0.717, 1.165) is 25.5 Å². The predicted octanol–water partition coefficient (Wildman–Crippen LogP) is 0.874. The van der Waals surface area contributed by atoms with Gasteiger partial charge in [-0.25, -0.2) is 4.98 Å². The summed E-state index contributed by atoms with van der Waals surface area (Å²) < 4.78 is 18.4. The molecule has 1 aliphatic carbocycles. The molecule has 14 heavy (non-hydrogen) atoms. The zero-order valence-corrected chi connectivity index (χ0v) is 7.69. The molecule has 2 N–H and O–H groups in total. The molecule has 0 bridgehead atoms. The van der Waals surface area contributed by atoms with Gasteiger partial charge in [0.05, 0.1) is 6.20 Å². The average Bonchev–Trinajstić information content (AvgIpc) is 2.56. The topological polar surface area (TPSA) is 61.0 Å². The highest BCUT2D eigenvalue weighted by Gasteiger charge is 2.26. The van der Waals surface area contributed by atoms with Crippen LogP contribution in [-0.4, -0.2) is 22.1 Å². The molecule has 0 unspecified atom stereocenters. The molecular formula is C9H12FN3O. The Bertz CT molecular complexity index is 321. The zero-order chi connectivity index (χ0) is 9.97. The molecule has 1 saturated carbocycles. The maximum Gasteiger partial charge on any atom is 0.253 e. The maximum atomic E-state index is 13.1. The van der Waals surface area contributed by atoms with Gasteiger partial charge in [-0.05, 0) is 19.3 Å². The number of hydrogen-bond donors (Lipinski definition) is 1. The summed E-state index contributed by atoms with van der Waals surface area (Å²) in [4.78, 5) is 7.25. The molecule has 0 aliphatic heterocycles.